The van der Waals surface area contributed by atoms with E-state index in [9.17, 15) is 4.79 Å². The number of aromatic nitrogens is 2. The van der Waals surface area contributed by atoms with Gasteiger partial charge in [-0.1, -0.05) is 0 Å². The third-order valence-corrected chi connectivity index (χ3v) is 7.10. The van der Waals surface area contributed by atoms with Crippen LogP contribution >= 0.6 is 11.8 Å². The second-order valence-corrected chi connectivity index (χ2v) is 8.78. The Morgan fingerprint density at radius 3 is 3.00 bits per heavy atom. The van der Waals surface area contributed by atoms with E-state index in [2.05, 4.69) is 32.6 Å². The monoisotopic (exact) mass is 371 g/mol. The Balaban J connectivity index is 1.32. The van der Waals surface area contributed by atoms with E-state index in [0.717, 1.165) is 67.3 Å². The van der Waals surface area contributed by atoms with Gasteiger partial charge in [0, 0.05) is 50.2 Å². The number of hydrogen-bond donors (Lipinski definition) is 0. The summed E-state index contributed by atoms with van der Waals surface area (Å²) < 4.78 is 2.33. The molecule has 1 amide bonds. The predicted molar refractivity (Wildman–Crippen MR) is 103 cm³/mol. The fourth-order valence-electron chi connectivity index (χ4n) is 4.24. The van der Waals surface area contributed by atoms with Crippen molar-refractivity contribution in [1.29, 1.82) is 0 Å². The van der Waals surface area contributed by atoms with E-state index in [4.69, 9.17) is 0 Å². The Bertz CT molecular complexity index is 794. The first-order chi connectivity index (χ1) is 12.7. The first-order valence-electron chi connectivity index (χ1n) is 9.71. The number of fused-ring (bicyclic) bond motifs is 1. The minimum absolute atomic E-state index is 0.176. The summed E-state index contributed by atoms with van der Waals surface area (Å²) in [6.07, 6.45) is 8.89. The van der Waals surface area contributed by atoms with Crippen LogP contribution in [0, 0.1) is 5.92 Å². The molecule has 1 saturated heterocycles. The molecule has 4 heterocycles. The fourth-order valence-corrected chi connectivity index (χ4v) is 5.39. The molecule has 138 valence electrons. The molecule has 0 N–H and O–H groups in total. The summed E-state index contributed by atoms with van der Waals surface area (Å²) in [6.45, 7) is 6.53. The maximum Gasteiger partial charge on any atom is 0.262 e. The molecule has 0 spiro atoms. The Hall–Kier alpha value is -1.76. The van der Waals surface area contributed by atoms with Gasteiger partial charge >= 0.3 is 0 Å². The summed E-state index contributed by atoms with van der Waals surface area (Å²) in [5, 5.41) is 0.999. The van der Waals surface area contributed by atoms with E-state index in [1.165, 1.54) is 18.7 Å². The third-order valence-electron chi connectivity index (χ3n) is 5.90. The molecule has 0 radical (unpaired) electrons. The summed E-state index contributed by atoms with van der Waals surface area (Å²) in [4.78, 5) is 27.4. The van der Waals surface area contributed by atoms with Crippen LogP contribution in [0.5, 0.6) is 0 Å². The largest absolute Gasteiger partial charge is 0.337 e. The molecule has 0 aromatic carbocycles. The van der Waals surface area contributed by atoms with Crippen molar-refractivity contribution in [2.45, 2.75) is 45.1 Å². The Morgan fingerprint density at radius 2 is 2.19 bits per heavy atom. The van der Waals surface area contributed by atoms with Crippen molar-refractivity contribution in [3.05, 3.63) is 28.8 Å². The molecule has 1 aromatic rings. The van der Waals surface area contributed by atoms with E-state index in [1.54, 1.807) is 11.8 Å². The first kappa shape index (κ1) is 16.4. The van der Waals surface area contributed by atoms with Crippen molar-refractivity contribution in [3.63, 3.8) is 0 Å². The maximum absolute atomic E-state index is 13.2. The quantitative estimate of drug-likeness (QED) is 0.816. The van der Waals surface area contributed by atoms with Gasteiger partial charge < -0.3 is 14.4 Å². The van der Waals surface area contributed by atoms with Crippen LogP contribution in [-0.2, 0) is 11.3 Å². The maximum atomic E-state index is 13.2. The summed E-state index contributed by atoms with van der Waals surface area (Å²) in [5.74, 6) is 2.53. The van der Waals surface area contributed by atoms with Crippen LogP contribution in [0.25, 0.3) is 0 Å². The summed E-state index contributed by atoms with van der Waals surface area (Å²) >= 11 is 1.55. The van der Waals surface area contributed by atoms with Gasteiger partial charge in [0.05, 0.1) is 11.4 Å². The van der Waals surface area contributed by atoms with Gasteiger partial charge in [0.15, 0.2) is 5.17 Å². The highest BCUT2D eigenvalue weighted by atomic mass is 32.2. The van der Waals surface area contributed by atoms with Crippen molar-refractivity contribution >= 4 is 22.8 Å². The number of aliphatic imine (C=N–C) groups is 1. The number of carbonyl (C=O) groups is 1. The lowest BCUT2D eigenvalue weighted by Crippen LogP contribution is -2.40. The minimum Gasteiger partial charge on any atom is -0.337 e. The summed E-state index contributed by atoms with van der Waals surface area (Å²) in [7, 11) is 0. The van der Waals surface area contributed by atoms with Crippen LogP contribution in [0.2, 0.25) is 0 Å². The van der Waals surface area contributed by atoms with Crippen molar-refractivity contribution in [2.75, 3.05) is 26.2 Å². The topological polar surface area (TPSA) is 53.7 Å². The summed E-state index contributed by atoms with van der Waals surface area (Å²) in [6, 6.07) is 0. The molecule has 26 heavy (non-hydrogen) atoms. The highest BCUT2D eigenvalue weighted by Crippen LogP contribution is 2.38. The van der Waals surface area contributed by atoms with E-state index < -0.39 is 0 Å². The molecule has 7 heteroatoms. The van der Waals surface area contributed by atoms with Crippen molar-refractivity contribution in [2.24, 2.45) is 10.9 Å². The SMILES string of the molecule is CC1=C(C(=O)N2CCC[C@H](c3nccn3CC3CC3)C2)SC2=NCCN21. The number of allylic oxidation sites excluding steroid dienone is 1. The molecule has 4 aliphatic rings. The molecule has 1 aromatic heterocycles. The van der Waals surface area contributed by atoms with Gasteiger partial charge in [-0.3, -0.25) is 9.79 Å². The number of carbonyl (C=O) groups excluding carboxylic acids is 1. The number of thioether (sulfide) groups is 1. The van der Waals surface area contributed by atoms with Gasteiger partial charge in [-0.15, -0.1) is 0 Å². The zero-order chi connectivity index (χ0) is 17.7. The highest BCUT2D eigenvalue weighted by Gasteiger charge is 2.37. The number of amides is 1. The minimum atomic E-state index is 0.176. The lowest BCUT2D eigenvalue weighted by molar-refractivity contribution is -0.127. The van der Waals surface area contributed by atoms with E-state index in [-0.39, 0.29) is 5.91 Å². The van der Waals surface area contributed by atoms with Gasteiger partial charge in [-0.05, 0) is 50.3 Å². The number of rotatable bonds is 4. The van der Waals surface area contributed by atoms with Crippen LogP contribution in [0.3, 0.4) is 0 Å². The second kappa shape index (κ2) is 6.44. The van der Waals surface area contributed by atoms with Crippen LogP contribution in [0.15, 0.2) is 28.0 Å². The Morgan fingerprint density at radius 1 is 1.31 bits per heavy atom. The predicted octanol–water partition coefficient (Wildman–Crippen LogP) is 2.65. The van der Waals surface area contributed by atoms with Gasteiger partial charge in [0.25, 0.3) is 5.91 Å². The molecule has 0 bridgehead atoms. The standard InChI is InChI=1S/C19H25N5OS/c1-13-16(26-19-21-7-10-24(13)19)18(25)23-8-2-3-15(12-23)17-20-6-9-22(17)11-14-4-5-14/h6,9,14-15H,2-5,7-8,10-12H2,1H3/t15-/m0/s1. The number of imidazole rings is 1. The van der Waals surface area contributed by atoms with E-state index >= 15 is 0 Å². The third kappa shape index (κ3) is 2.86. The Kier molecular flexibility index (Phi) is 4.07. The molecule has 5 rings (SSSR count). The van der Waals surface area contributed by atoms with E-state index in [0.29, 0.717) is 5.92 Å². The zero-order valence-electron chi connectivity index (χ0n) is 15.2. The van der Waals surface area contributed by atoms with Crippen LogP contribution in [0.1, 0.15) is 44.3 Å². The lowest BCUT2D eigenvalue weighted by Gasteiger charge is -2.33. The normalized spacial score (nSPS) is 25.7. The second-order valence-electron chi connectivity index (χ2n) is 7.80. The molecule has 1 saturated carbocycles. The fraction of sp³-hybridized carbons (Fsp3) is 0.632. The van der Waals surface area contributed by atoms with Crippen molar-refractivity contribution < 1.29 is 4.79 Å². The van der Waals surface area contributed by atoms with Crippen LogP contribution in [-0.4, -0.2) is 56.6 Å². The van der Waals surface area contributed by atoms with E-state index in [1.807, 2.05) is 11.1 Å². The highest BCUT2D eigenvalue weighted by molar-refractivity contribution is 8.18. The molecule has 1 atom stereocenters. The molecular weight excluding hydrogens is 346 g/mol. The molecule has 6 nitrogen and oxygen atoms in total. The van der Waals surface area contributed by atoms with Gasteiger partial charge in [-0.25, -0.2) is 4.98 Å². The average molecular weight is 372 g/mol. The van der Waals surface area contributed by atoms with Crippen molar-refractivity contribution in [3.8, 4) is 0 Å². The molecule has 1 aliphatic carbocycles. The van der Waals surface area contributed by atoms with Crippen LogP contribution in [0.4, 0.5) is 0 Å². The number of piperidine rings is 1. The van der Waals surface area contributed by atoms with Gasteiger partial charge in [0.2, 0.25) is 0 Å². The molecule has 0 unspecified atom stereocenters. The number of hydrogen-bond acceptors (Lipinski definition) is 5. The van der Waals surface area contributed by atoms with Crippen LogP contribution < -0.4 is 0 Å². The van der Waals surface area contributed by atoms with Crippen molar-refractivity contribution in [1.82, 2.24) is 19.4 Å². The number of likely N-dealkylation sites (tertiary alicyclic amines) is 1. The first-order valence-corrected chi connectivity index (χ1v) is 10.5. The summed E-state index contributed by atoms with van der Waals surface area (Å²) in [5.41, 5.74) is 1.08. The van der Waals surface area contributed by atoms with Gasteiger partial charge in [-0.2, -0.15) is 0 Å². The number of nitrogens with zero attached hydrogens (tertiary/aromatic N) is 5. The lowest BCUT2D eigenvalue weighted by atomic mass is 9.97. The smallest absolute Gasteiger partial charge is 0.262 e. The molecule has 3 aliphatic heterocycles. The van der Waals surface area contributed by atoms with Gasteiger partial charge in [0.1, 0.15) is 5.82 Å². The average Bonchev–Trinajstić information content (AvgIpc) is 3.05. The Labute approximate surface area is 158 Å². The molecular formula is C19H25N5OS. The molecule has 2 fully saturated rings. The number of amidine groups is 1. The zero-order valence-corrected chi connectivity index (χ0v) is 16.0.